The van der Waals surface area contributed by atoms with E-state index in [0.717, 1.165) is 16.9 Å². The molecule has 0 radical (unpaired) electrons. The molecule has 3 rings (SSSR count). The van der Waals surface area contributed by atoms with E-state index in [1.165, 1.54) is 0 Å². The lowest BCUT2D eigenvalue weighted by Crippen LogP contribution is -2.48. The second-order valence-corrected chi connectivity index (χ2v) is 6.36. The van der Waals surface area contributed by atoms with Crippen LogP contribution in [0, 0.1) is 6.92 Å². The van der Waals surface area contributed by atoms with Gasteiger partial charge in [-0.05, 0) is 20.8 Å². The molecular weight excluding hydrogens is 308 g/mol. The predicted octanol–water partition coefficient (Wildman–Crippen LogP) is 1.11. The minimum atomic E-state index is 0.0881. The summed E-state index contributed by atoms with van der Waals surface area (Å²) in [7, 11) is 1.85. The van der Waals surface area contributed by atoms with E-state index in [1.54, 1.807) is 10.9 Å². The quantitative estimate of drug-likeness (QED) is 0.903. The molecule has 8 heteroatoms. The number of nitrogens with one attached hydrogen (secondary N) is 1. The second-order valence-electron chi connectivity index (χ2n) is 6.36. The van der Waals surface area contributed by atoms with Crippen molar-refractivity contribution >= 4 is 22.8 Å². The molecule has 1 fully saturated rings. The first-order valence-corrected chi connectivity index (χ1v) is 8.27. The minimum absolute atomic E-state index is 0.0881. The van der Waals surface area contributed by atoms with Crippen molar-refractivity contribution in [2.75, 3.05) is 25.0 Å². The monoisotopic (exact) mass is 332 g/mol. The molecule has 8 nitrogen and oxygen atoms in total. The zero-order valence-corrected chi connectivity index (χ0v) is 14.6. The molecule has 1 N–H and O–H groups in total. The summed E-state index contributed by atoms with van der Waals surface area (Å²) in [6.45, 7) is 7.68. The molecule has 0 spiro atoms. The summed E-state index contributed by atoms with van der Waals surface area (Å²) in [6, 6.07) is 0. The maximum atomic E-state index is 12.4. The van der Waals surface area contributed by atoms with Gasteiger partial charge in [0.2, 0.25) is 5.91 Å². The maximum Gasteiger partial charge on any atom is 0.224 e. The number of carbonyl (C=O) groups excluding carboxylic acids is 1. The molecule has 24 heavy (non-hydrogen) atoms. The number of hydrogen-bond donors (Lipinski definition) is 1. The fourth-order valence-electron chi connectivity index (χ4n) is 3.09. The van der Waals surface area contributed by atoms with Crippen molar-refractivity contribution in [2.24, 2.45) is 7.05 Å². The normalized spacial score (nSPS) is 21.2. The van der Waals surface area contributed by atoms with Gasteiger partial charge in [-0.3, -0.25) is 9.48 Å². The van der Waals surface area contributed by atoms with Crippen molar-refractivity contribution in [3.8, 4) is 0 Å². The van der Waals surface area contributed by atoms with Crippen LogP contribution >= 0.6 is 0 Å². The van der Waals surface area contributed by atoms with Crippen LogP contribution in [0.4, 0.5) is 5.82 Å². The van der Waals surface area contributed by atoms with Crippen molar-refractivity contribution in [1.29, 1.82) is 0 Å². The van der Waals surface area contributed by atoms with Crippen LogP contribution in [0.5, 0.6) is 0 Å². The number of aryl methyl sites for hydroxylation is 2. The Labute approximate surface area is 141 Å². The molecule has 3 heterocycles. The molecule has 0 saturated carbocycles. The summed E-state index contributed by atoms with van der Waals surface area (Å²) >= 11 is 0. The average Bonchev–Trinajstić information content (AvgIpc) is 2.87. The Morgan fingerprint density at radius 3 is 2.75 bits per heavy atom. The van der Waals surface area contributed by atoms with Crippen molar-refractivity contribution in [3.05, 3.63) is 12.0 Å². The number of nitrogens with zero attached hydrogens (tertiary/aromatic N) is 5. The third kappa shape index (κ3) is 3.48. The molecule has 130 valence electrons. The SMILES string of the molecule is Cc1nc(NCCC(=O)N2C[C@H](C)O[C@@H](C)C2)c2cnn(C)c2n1. The summed E-state index contributed by atoms with van der Waals surface area (Å²) in [5, 5.41) is 8.33. The molecule has 1 aliphatic rings. The predicted molar refractivity (Wildman–Crippen MR) is 90.7 cm³/mol. The maximum absolute atomic E-state index is 12.4. The van der Waals surface area contributed by atoms with Gasteiger partial charge in [0.05, 0.1) is 23.8 Å². The summed E-state index contributed by atoms with van der Waals surface area (Å²) in [5.74, 6) is 1.54. The van der Waals surface area contributed by atoms with E-state index in [1.807, 2.05) is 32.7 Å². The lowest BCUT2D eigenvalue weighted by Gasteiger charge is -2.35. The average molecular weight is 332 g/mol. The summed E-state index contributed by atoms with van der Waals surface area (Å²) in [6.07, 6.45) is 2.34. The van der Waals surface area contributed by atoms with Gasteiger partial charge >= 0.3 is 0 Å². The summed E-state index contributed by atoms with van der Waals surface area (Å²) < 4.78 is 7.39. The van der Waals surface area contributed by atoms with E-state index in [2.05, 4.69) is 20.4 Å². The molecule has 2 atom stereocenters. The highest BCUT2D eigenvalue weighted by atomic mass is 16.5. The van der Waals surface area contributed by atoms with Gasteiger partial charge in [0.15, 0.2) is 5.65 Å². The zero-order chi connectivity index (χ0) is 17.3. The van der Waals surface area contributed by atoms with Gasteiger partial charge in [0.1, 0.15) is 11.6 Å². The van der Waals surface area contributed by atoms with Crippen LogP contribution in [0.1, 0.15) is 26.1 Å². The number of amides is 1. The van der Waals surface area contributed by atoms with Crippen LogP contribution in [0.2, 0.25) is 0 Å². The highest BCUT2D eigenvalue weighted by molar-refractivity contribution is 5.86. The molecule has 0 aromatic carbocycles. The molecule has 2 aromatic heterocycles. The number of ether oxygens (including phenoxy) is 1. The largest absolute Gasteiger partial charge is 0.372 e. The molecule has 2 aromatic rings. The summed E-state index contributed by atoms with van der Waals surface area (Å²) in [4.78, 5) is 23.1. The van der Waals surface area contributed by atoms with Gasteiger partial charge in [-0.25, -0.2) is 9.97 Å². The number of hydrogen-bond acceptors (Lipinski definition) is 6. The van der Waals surface area contributed by atoms with E-state index in [4.69, 9.17) is 4.74 Å². The standard InChI is InChI=1S/C16H24N6O2/c1-10-8-22(9-11(2)24-10)14(23)5-6-17-15-13-7-18-21(4)16(13)20-12(3)19-15/h7,10-11H,5-6,8-9H2,1-4H3,(H,17,19,20)/t10-,11-/m0/s1. The van der Waals surface area contributed by atoms with E-state index in [0.29, 0.717) is 31.9 Å². The molecule has 0 unspecified atom stereocenters. The van der Waals surface area contributed by atoms with Crippen molar-refractivity contribution in [1.82, 2.24) is 24.6 Å². The Hall–Kier alpha value is -2.22. The van der Waals surface area contributed by atoms with Crippen molar-refractivity contribution < 1.29 is 9.53 Å². The molecule has 1 amide bonds. The van der Waals surface area contributed by atoms with E-state index < -0.39 is 0 Å². The third-order valence-corrected chi connectivity index (χ3v) is 4.11. The first-order chi connectivity index (χ1) is 11.4. The van der Waals surface area contributed by atoms with Crippen LogP contribution < -0.4 is 5.32 Å². The van der Waals surface area contributed by atoms with Crippen LogP contribution in [0.3, 0.4) is 0 Å². The van der Waals surface area contributed by atoms with E-state index >= 15 is 0 Å². The molecule has 1 aliphatic heterocycles. The number of fused-ring (bicyclic) bond motifs is 1. The van der Waals surface area contributed by atoms with Crippen molar-refractivity contribution in [2.45, 2.75) is 39.4 Å². The van der Waals surface area contributed by atoms with E-state index in [9.17, 15) is 4.79 Å². The topological polar surface area (TPSA) is 85.2 Å². The number of anilines is 1. The van der Waals surface area contributed by atoms with Gasteiger partial charge in [0.25, 0.3) is 0 Å². The first kappa shape index (κ1) is 16.6. The highest BCUT2D eigenvalue weighted by Crippen LogP contribution is 2.19. The Morgan fingerprint density at radius 1 is 1.33 bits per heavy atom. The van der Waals surface area contributed by atoms with Gasteiger partial charge in [0, 0.05) is 33.1 Å². The van der Waals surface area contributed by atoms with Crippen LogP contribution in [0.25, 0.3) is 11.0 Å². The smallest absolute Gasteiger partial charge is 0.224 e. The Balaban J connectivity index is 1.61. The second kappa shape index (κ2) is 6.72. The van der Waals surface area contributed by atoms with Crippen LogP contribution in [-0.2, 0) is 16.6 Å². The number of morpholine rings is 1. The first-order valence-electron chi connectivity index (χ1n) is 8.27. The van der Waals surface area contributed by atoms with Gasteiger partial charge < -0.3 is 15.0 Å². The highest BCUT2D eigenvalue weighted by Gasteiger charge is 2.25. The van der Waals surface area contributed by atoms with E-state index in [-0.39, 0.29) is 18.1 Å². The molecule has 0 bridgehead atoms. The van der Waals surface area contributed by atoms with Crippen molar-refractivity contribution in [3.63, 3.8) is 0 Å². The zero-order valence-electron chi connectivity index (χ0n) is 14.6. The third-order valence-electron chi connectivity index (χ3n) is 4.11. The Kier molecular flexibility index (Phi) is 4.66. The van der Waals surface area contributed by atoms with Crippen LogP contribution in [0.15, 0.2) is 6.20 Å². The number of rotatable bonds is 4. The Morgan fingerprint density at radius 2 is 2.04 bits per heavy atom. The van der Waals surface area contributed by atoms with Crippen LogP contribution in [-0.4, -0.2) is 62.4 Å². The van der Waals surface area contributed by atoms with Gasteiger partial charge in [-0.2, -0.15) is 5.10 Å². The molecular formula is C16H24N6O2. The fourth-order valence-corrected chi connectivity index (χ4v) is 3.09. The van der Waals surface area contributed by atoms with Gasteiger partial charge in [-0.1, -0.05) is 0 Å². The number of carbonyl (C=O) groups is 1. The number of aromatic nitrogens is 4. The molecule has 0 aliphatic carbocycles. The minimum Gasteiger partial charge on any atom is -0.372 e. The molecule has 1 saturated heterocycles. The lowest BCUT2D eigenvalue weighted by atomic mass is 10.2. The Bertz CT molecular complexity index is 733. The lowest BCUT2D eigenvalue weighted by molar-refractivity contribution is -0.142. The fraction of sp³-hybridized carbons (Fsp3) is 0.625. The summed E-state index contributed by atoms with van der Waals surface area (Å²) in [5.41, 5.74) is 0.784. The van der Waals surface area contributed by atoms with Gasteiger partial charge in [-0.15, -0.1) is 0 Å².